The maximum Gasteiger partial charge on any atom is 0.301 e. The van der Waals surface area contributed by atoms with Crippen molar-refractivity contribution < 1.29 is 36.5 Å². The molecule has 2 amide bonds. The molecule has 0 radical (unpaired) electrons. The molecule has 0 atom stereocenters. The van der Waals surface area contributed by atoms with Gasteiger partial charge in [-0.2, -0.15) is 8.42 Å². The Bertz CT molecular complexity index is 1300. The van der Waals surface area contributed by atoms with Gasteiger partial charge in [0.15, 0.2) is 0 Å². The number of hydroxylamine groups is 2. The molecule has 0 saturated heterocycles. The molecule has 182 valence electrons. The van der Waals surface area contributed by atoms with E-state index in [1.165, 1.54) is 13.2 Å². The van der Waals surface area contributed by atoms with Crippen LogP contribution in [0, 0.1) is 0 Å². The molecule has 3 aromatic rings. The number of hydrogen-bond donors (Lipinski definition) is 0. The molecule has 0 spiro atoms. The number of methoxy groups -OCH3 is 1. The first kappa shape index (κ1) is 24.4. The predicted octanol–water partition coefficient (Wildman–Crippen LogP) is 3.60. The third-order valence-electron chi connectivity index (χ3n) is 5.15. The third kappa shape index (κ3) is 5.51. The lowest BCUT2D eigenvalue weighted by atomic mass is 10.1. The van der Waals surface area contributed by atoms with Gasteiger partial charge in [-0.25, -0.2) is 0 Å². The first-order valence-corrected chi connectivity index (χ1v) is 12.2. The Balaban J connectivity index is 1.25. The molecule has 0 bridgehead atoms. The van der Waals surface area contributed by atoms with Crippen LogP contribution < -0.4 is 9.47 Å². The zero-order valence-electron chi connectivity index (χ0n) is 18.9. The highest BCUT2D eigenvalue weighted by Gasteiger charge is 2.36. The minimum Gasteiger partial charge on any atom is -0.495 e. The maximum absolute atomic E-state index is 12.5. The van der Waals surface area contributed by atoms with Crippen LogP contribution in [0.1, 0.15) is 32.7 Å². The molecule has 0 aliphatic carbocycles. The van der Waals surface area contributed by atoms with Gasteiger partial charge in [-0.3, -0.25) is 18.6 Å². The standard InChI is InChI=1S/C25H23NO8S/c1-31-22-12-4-5-13-23(22)35(29,30)34-17-18-8-6-9-19(16-18)32-14-7-15-33-26-24(27)20-10-2-3-11-21(20)25(26)28/h2-6,8-13,16H,7,14-15,17H2,1H3. The Kier molecular flexibility index (Phi) is 7.45. The fraction of sp³-hybridized carbons (Fsp3) is 0.200. The van der Waals surface area contributed by atoms with E-state index in [9.17, 15) is 18.0 Å². The number of hydrogen-bond acceptors (Lipinski definition) is 8. The van der Waals surface area contributed by atoms with Gasteiger partial charge < -0.3 is 9.47 Å². The monoisotopic (exact) mass is 497 g/mol. The average molecular weight is 498 g/mol. The van der Waals surface area contributed by atoms with Gasteiger partial charge in [0.05, 0.1) is 38.1 Å². The van der Waals surface area contributed by atoms with E-state index in [4.69, 9.17) is 18.5 Å². The maximum atomic E-state index is 12.5. The Morgan fingerprint density at radius 2 is 1.51 bits per heavy atom. The predicted molar refractivity (Wildman–Crippen MR) is 124 cm³/mol. The molecular formula is C25H23NO8S. The minimum atomic E-state index is -4.02. The quantitative estimate of drug-likeness (QED) is 0.225. The average Bonchev–Trinajstić information content (AvgIpc) is 3.12. The summed E-state index contributed by atoms with van der Waals surface area (Å²) in [5, 5.41) is 0.769. The number of carbonyl (C=O) groups excluding carboxylic acids is 2. The van der Waals surface area contributed by atoms with Crippen LogP contribution in [0.3, 0.4) is 0 Å². The Morgan fingerprint density at radius 3 is 2.23 bits per heavy atom. The Morgan fingerprint density at radius 1 is 0.829 bits per heavy atom. The number of amides is 2. The van der Waals surface area contributed by atoms with Crippen molar-refractivity contribution in [2.45, 2.75) is 17.9 Å². The Hall–Kier alpha value is -3.73. The van der Waals surface area contributed by atoms with Crippen LogP contribution in [0.2, 0.25) is 0 Å². The molecule has 9 nitrogen and oxygen atoms in total. The molecule has 1 aliphatic heterocycles. The fourth-order valence-corrected chi connectivity index (χ4v) is 4.51. The summed E-state index contributed by atoms with van der Waals surface area (Å²) in [7, 11) is -2.63. The lowest BCUT2D eigenvalue weighted by Gasteiger charge is -2.14. The minimum absolute atomic E-state index is 0.0482. The van der Waals surface area contributed by atoms with Crippen LogP contribution >= 0.6 is 0 Å². The number of fused-ring (bicyclic) bond motifs is 1. The summed E-state index contributed by atoms with van der Waals surface area (Å²) in [6.07, 6.45) is 0.413. The van der Waals surface area contributed by atoms with Crippen LogP contribution in [0.15, 0.2) is 77.7 Å². The van der Waals surface area contributed by atoms with Gasteiger partial charge in [-0.1, -0.05) is 36.4 Å². The lowest BCUT2D eigenvalue weighted by Crippen LogP contribution is -2.30. The van der Waals surface area contributed by atoms with Gasteiger partial charge in [-0.15, -0.1) is 5.06 Å². The number of benzene rings is 3. The summed E-state index contributed by atoms with van der Waals surface area (Å²) in [5.41, 5.74) is 1.24. The van der Waals surface area contributed by atoms with Gasteiger partial charge in [0, 0.05) is 6.42 Å². The molecule has 0 N–H and O–H groups in total. The molecule has 1 heterocycles. The molecule has 1 aliphatic rings. The number of carbonyl (C=O) groups is 2. The summed E-state index contributed by atoms with van der Waals surface area (Å²) < 4.78 is 41.1. The summed E-state index contributed by atoms with van der Waals surface area (Å²) in [6, 6.07) is 19.6. The fourth-order valence-electron chi connectivity index (χ4n) is 3.45. The molecule has 35 heavy (non-hydrogen) atoms. The van der Waals surface area contributed by atoms with Crippen molar-refractivity contribution in [3.05, 3.63) is 89.5 Å². The molecule has 0 fully saturated rings. The summed E-state index contributed by atoms with van der Waals surface area (Å²) in [5.74, 6) is -0.251. The van der Waals surface area contributed by atoms with Gasteiger partial charge in [0.1, 0.15) is 16.4 Å². The summed E-state index contributed by atoms with van der Waals surface area (Å²) in [6.45, 7) is 0.179. The SMILES string of the molecule is COc1ccccc1S(=O)(=O)OCc1cccc(OCCCON2C(=O)c3ccccc3C2=O)c1. The third-order valence-corrected chi connectivity index (χ3v) is 6.46. The molecule has 0 saturated carbocycles. The van der Waals surface area contributed by atoms with Crippen LogP contribution in [0.25, 0.3) is 0 Å². The van der Waals surface area contributed by atoms with E-state index < -0.39 is 21.9 Å². The van der Waals surface area contributed by atoms with E-state index >= 15 is 0 Å². The summed E-state index contributed by atoms with van der Waals surface area (Å²) in [4.78, 5) is 29.9. The summed E-state index contributed by atoms with van der Waals surface area (Å²) >= 11 is 0. The van der Waals surface area contributed by atoms with Crippen LogP contribution in [0.4, 0.5) is 0 Å². The van der Waals surface area contributed by atoms with E-state index in [0.29, 0.717) is 28.9 Å². The molecule has 10 heteroatoms. The second kappa shape index (κ2) is 10.7. The number of nitrogens with zero attached hydrogens (tertiary/aromatic N) is 1. The number of ether oxygens (including phenoxy) is 2. The van der Waals surface area contributed by atoms with Crippen LogP contribution in [0.5, 0.6) is 11.5 Å². The number of rotatable bonds is 11. The zero-order valence-corrected chi connectivity index (χ0v) is 19.7. The first-order valence-electron chi connectivity index (χ1n) is 10.8. The highest BCUT2D eigenvalue weighted by molar-refractivity contribution is 7.86. The Labute approximate surface area is 202 Å². The second-order valence-electron chi connectivity index (χ2n) is 7.50. The number of imide groups is 1. The number of para-hydroxylation sites is 1. The van der Waals surface area contributed by atoms with Gasteiger partial charge in [0.2, 0.25) is 0 Å². The molecular weight excluding hydrogens is 474 g/mol. The van der Waals surface area contributed by atoms with E-state index in [1.807, 2.05) is 0 Å². The van der Waals surface area contributed by atoms with Crippen molar-refractivity contribution in [1.29, 1.82) is 0 Å². The highest BCUT2D eigenvalue weighted by atomic mass is 32.2. The normalized spacial score (nSPS) is 13.1. The molecule has 0 aromatic heterocycles. The molecule has 0 unspecified atom stereocenters. The van der Waals surface area contributed by atoms with Gasteiger partial charge >= 0.3 is 10.1 Å². The molecule has 3 aromatic carbocycles. The van der Waals surface area contributed by atoms with Crippen molar-refractivity contribution >= 4 is 21.9 Å². The van der Waals surface area contributed by atoms with Gasteiger partial charge in [0.25, 0.3) is 11.8 Å². The van der Waals surface area contributed by atoms with Crippen molar-refractivity contribution in [2.75, 3.05) is 20.3 Å². The van der Waals surface area contributed by atoms with Gasteiger partial charge in [-0.05, 0) is 42.0 Å². The topological polar surface area (TPSA) is 108 Å². The largest absolute Gasteiger partial charge is 0.495 e. The van der Waals surface area contributed by atoms with Crippen LogP contribution in [-0.4, -0.2) is 45.6 Å². The molecule has 4 rings (SSSR count). The van der Waals surface area contributed by atoms with E-state index in [0.717, 1.165) is 5.06 Å². The van der Waals surface area contributed by atoms with E-state index in [-0.39, 0.29) is 30.5 Å². The smallest absolute Gasteiger partial charge is 0.301 e. The van der Waals surface area contributed by atoms with Crippen molar-refractivity contribution in [3.8, 4) is 11.5 Å². The second-order valence-corrected chi connectivity index (χ2v) is 9.08. The first-order chi connectivity index (χ1) is 16.9. The highest BCUT2D eigenvalue weighted by Crippen LogP contribution is 2.26. The zero-order chi connectivity index (χ0) is 24.8. The van der Waals surface area contributed by atoms with Crippen molar-refractivity contribution in [3.63, 3.8) is 0 Å². The van der Waals surface area contributed by atoms with Crippen LogP contribution in [-0.2, 0) is 25.7 Å². The lowest BCUT2D eigenvalue weighted by molar-refractivity contribution is -0.0935. The van der Waals surface area contributed by atoms with E-state index in [1.54, 1.807) is 66.7 Å². The van der Waals surface area contributed by atoms with E-state index in [2.05, 4.69) is 0 Å². The van der Waals surface area contributed by atoms with Crippen molar-refractivity contribution in [2.24, 2.45) is 0 Å². The van der Waals surface area contributed by atoms with Crippen molar-refractivity contribution in [1.82, 2.24) is 5.06 Å².